The van der Waals surface area contributed by atoms with Gasteiger partial charge in [-0.2, -0.15) is 0 Å². The van der Waals surface area contributed by atoms with Crippen molar-refractivity contribution in [3.05, 3.63) is 23.8 Å². The van der Waals surface area contributed by atoms with E-state index in [0.717, 1.165) is 0 Å². The Morgan fingerprint density at radius 2 is 1.88 bits per heavy atom. The molecule has 0 spiro atoms. The van der Waals surface area contributed by atoms with Gasteiger partial charge in [-0.1, -0.05) is 13.0 Å². The van der Waals surface area contributed by atoms with Crippen LogP contribution in [0.3, 0.4) is 0 Å². The molecule has 4 fully saturated rings. The molecule has 1 aliphatic heterocycles. The highest BCUT2D eigenvalue weighted by atomic mass is 19.1. The predicted octanol–water partition coefficient (Wildman–Crippen LogP) is 1.39. The van der Waals surface area contributed by atoms with E-state index in [0.29, 0.717) is 6.42 Å². The minimum Gasteiger partial charge on any atom is -0.390 e. The number of allylic oxidation sites excluding steroid dienone is 3. The number of ether oxygens (including phenoxy) is 2. The summed E-state index contributed by atoms with van der Waals surface area (Å²) in [5.41, 5.74) is -5.78. The zero-order chi connectivity index (χ0) is 23.5. The number of fused-ring (bicyclic) bond motifs is 7. The number of aliphatic hydroxyl groups is 3. The zero-order valence-electron chi connectivity index (χ0n) is 18.8. The van der Waals surface area contributed by atoms with Crippen LogP contribution in [0.2, 0.25) is 0 Å². The standard InChI is InChI=1S/C24H31FO7/c1-20(2)31-19-9-13-14-8-16(28)15-7-12(27)5-6-21(15,3)23(14,25)17(29)10-22(13,4)24(19,32-20)18(30)11-26/h5-7,13-14,16-17,19,26,28-29H,8-11H2,1-4H3/t13-,14-,16+,17-,19+,21-,22-,23-,24+/m0/s1. The summed E-state index contributed by atoms with van der Waals surface area (Å²) in [7, 11) is 0. The van der Waals surface area contributed by atoms with Crippen molar-refractivity contribution in [2.45, 2.75) is 82.3 Å². The van der Waals surface area contributed by atoms with Gasteiger partial charge in [-0.05, 0) is 63.7 Å². The maximum absolute atomic E-state index is 17.2. The molecule has 0 bridgehead atoms. The lowest BCUT2D eigenvalue weighted by molar-refractivity contribution is -0.250. The van der Waals surface area contributed by atoms with Gasteiger partial charge >= 0.3 is 0 Å². The number of alkyl halides is 1. The molecule has 0 aromatic heterocycles. The second kappa shape index (κ2) is 6.36. The van der Waals surface area contributed by atoms with Gasteiger partial charge in [0.2, 0.25) is 0 Å². The molecule has 0 amide bonds. The molecule has 0 aromatic carbocycles. The molecule has 1 heterocycles. The van der Waals surface area contributed by atoms with Crippen LogP contribution in [-0.4, -0.2) is 68.9 Å². The van der Waals surface area contributed by atoms with E-state index in [2.05, 4.69) is 0 Å². The summed E-state index contributed by atoms with van der Waals surface area (Å²) in [6, 6.07) is 0. The summed E-state index contributed by atoms with van der Waals surface area (Å²) >= 11 is 0. The minimum atomic E-state index is -2.16. The smallest absolute Gasteiger partial charge is 0.193 e. The number of hydrogen-bond donors (Lipinski definition) is 3. The first-order chi connectivity index (χ1) is 14.8. The maximum Gasteiger partial charge on any atom is 0.193 e. The van der Waals surface area contributed by atoms with Crippen LogP contribution in [0.1, 0.15) is 47.0 Å². The Morgan fingerprint density at radius 3 is 2.53 bits per heavy atom. The topological polar surface area (TPSA) is 113 Å². The Bertz CT molecular complexity index is 958. The number of hydrogen-bond acceptors (Lipinski definition) is 7. The van der Waals surface area contributed by atoms with Crippen LogP contribution >= 0.6 is 0 Å². The molecule has 5 aliphatic rings. The summed E-state index contributed by atoms with van der Waals surface area (Å²) in [6.45, 7) is 6.06. The van der Waals surface area contributed by atoms with E-state index in [1.54, 1.807) is 27.7 Å². The van der Waals surface area contributed by atoms with Crippen molar-refractivity contribution >= 4 is 11.6 Å². The van der Waals surface area contributed by atoms with Crippen molar-refractivity contribution in [3.63, 3.8) is 0 Å². The van der Waals surface area contributed by atoms with Gasteiger partial charge in [0.15, 0.2) is 28.6 Å². The van der Waals surface area contributed by atoms with Crippen molar-refractivity contribution in [1.29, 1.82) is 0 Å². The lowest BCUT2D eigenvalue weighted by Crippen LogP contribution is -2.71. The number of rotatable bonds is 2. The monoisotopic (exact) mass is 450 g/mol. The van der Waals surface area contributed by atoms with Crippen molar-refractivity contribution in [2.24, 2.45) is 22.7 Å². The van der Waals surface area contributed by atoms with Crippen LogP contribution in [0.15, 0.2) is 23.8 Å². The van der Waals surface area contributed by atoms with Gasteiger partial charge in [-0.3, -0.25) is 9.59 Å². The van der Waals surface area contributed by atoms with Crippen LogP contribution in [-0.2, 0) is 19.1 Å². The lowest BCUT2D eigenvalue weighted by Gasteiger charge is -2.63. The second-order valence-electron chi connectivity index (χ2n) is 11.1. The van der Waals surface area contributed by atoms with E-state index in [9.17, 15) is 24.9 Å². The number of carbonyl (C=O) groups is 2. The third kappa shape index (κ3) is 2.32. The normalized spacial score (nSPS) is 53.2. The van der Waals surface area contributed by atoms with E-state index in [-0.39, 0.29) is 24.2 Å². The van der Waals surface area contributed by atoms with Gasteiger partial charge in [0.25, 0.3) is 0 Å². The minimum absolute atomic E-state index is 0.00979. The first kappa shape index (κ1) is 22.3. The van der Waals surface area contributed by atoms with Crippen LogP contribution in [0, 0.1) is 22.7 Å². The summed E-state index contributed by atoms with van der Waals surface area (Å²) in [6.07, 6.45) is 1.02. The van der Waals surface area contributed by atoms with Gasteiger partial charge < -0.3 is 24.8 Å². The molecule has 32 heavy (non-hydrogen) atoms. The third-order valence-electron chi connectivity index (χ3n) is 9.22. The molecule has 8 heteroatoms. The Balaban J connectivity index is 1.66. The average Bonchev–Trinajstić information content (AvgIpc) is 3.11. The van der Waals surface area contributed by atoms with Crippen LogP contribution in [0.25, 0.3) is 0 Å². The van der Waals surface area contributed by atoms with Crippen molar-refractivity contribution in [2.75, 3.05) is 6.61 Å². The summed E-state index contributed by atoms with van der Waals surface area (Å²) in [5.74, 6) is -3.19. The summed E-state index contributed by atoms with van der Waals surface area (Å²) in [5, 5.41) is 32.2. The van der Waals surface area contributed by atoms with Gasteiger partial charge in [-0.15, -0.1) is 0 Å². The molecule has 0 unspecified atom stereocenters. The van der Waals surface area contributed by atoms with Gasteiger partial charge in [0.05, 0.1) is 18.3 Å². The first-order valence-electron chi connectivity index (χ1n) is 11.3. The molecule has 7 nitrogen and oxygen atoms in total. The Labute approximate surface area is 186 Å². The van der Waals surface area contributed by atoms with E-state index in [1.807, 2.05) is 0 Å². The largest absolute Gasteiger partial charge is 0.390 e. The zero-order valence-corrected chi connectivity index (χ0v) is 18.8. The molecule has 1 saturated heterocycles. The highest BCUT2D eigenvalue weighted by molar-refractivity contribution is 6.01. The highest BCUT2D eigenvalue weighted by Gasteiger charge is 2.80. The second-order valence-corrected chi connectivity index (χ2v) is 11.1. The molecule has 0 aromatic rings. The Hall–Kier alpha value is -1.45. The Morgan fingerprint density at radius 1 is 1.19 bits per heavy atom. The molecule has 176 valence electrons. The number of Topliss-reactive ketones (excluding diaryl/α,β-unsaturated/α-hetero) is 1. The molecular formula is C24H31FO7. The molecule has 5 rings (SSSR count). The van der Waals surface area contributed by atoms with Gasteiger partial charge in [0, 0.05) is 16.7 Å². The number of aliphatic hydroxyl groups excluding tert-OH is 3. The fraction of sp³-hybridized carbons (Fsp3) is 0.750. The fourth-order valence-electron chi connectivity index (χ4n) is 7.96. The third-order valence-corrected chi connectivity index (χ3v) is 9.22. The van der Waals surface area contributed by atoms with Gasteiger partial charge in [0.1, 0.15) is 6.61 Å². The number of halogens is 1. The average molecular weight is 451 g/mol. The van der Waals surface area contributed by atoms with Crippen molar-refractivity contribution < 1.29 is 38.8 Å². The fourth-order valence-corrected chi connectivity index (χ4v) is 7.96. The van der Waals surface area contributed by atoms with Gasteiger partial charge in [-0.25, -0.2) is 4.39 Å². The molecule has 3 N–H and O–H groups in total. The van der Waals surface area contributed by atoms with Crippen molar-refractivity contribution in [1.82, 2.24) is 0 Å². The summed E-state index contributed by atoms with van der Waals surface area (Å²) < 4.78 is 29.5. The van der Waals surface area contributed by atoms with Crippen molar-refractivity contribution in [3.8, 4) is 0 Å². The Kier molecular flexibility index (Phi) is 4.44. The summed E-state index contributed by atoms with van der Waals surface area (Å²) in [4.78, 5) is 25.1. The molecule has 4 aliphatic carbocycles. The van der Waals surface area contributed by atoms with Crippen LogP contribution in [0.4, 0.5) is 4.39 Å². The quantitative estimate of drug-likeness (QED) is 0.583. The lowest BCUT2D eigenvalue weighted by atomic mass is 9.44. The maximum atomic E-state index is 17.2. The molecule has 9 atom stereocenters. The predicted molar refractivity (Wildman–Crippen MR) is 110 cm³/mol. The molecular weight excluding hydrogens is 419 g/mol. The SMILES string of the molecule is CC1(C)O[C@@H]2C[C@H]3[C@@H]4C[C@@H](O)C5=CC(=O)C=C[C@]5(C)[C@@]4(F)[C@@H](O)C[C@]3(C)[C@]2(C(=O)CO)O1. The van der Waals surface area contributed by atoms with E-state index >= 15 is 4.39 Å². The van der Waals surface area contributed by atoms with E-state index in [4.69, 9.17) is 9.47 Å². The van der Waals surface area contributed by atoms with Crippen LogP contribution < -0.4 is 0 Å². The van der Waals surface area contributed by atoms with E-state index < -0.39 is 70.4 Å². The first-order valence-corrected chi connectivity index (χ1v) is 11.3. The highest BCUT2D eigenvalue weighted by Crippen LogP contribution is 2.72. The van der Waals surface area contributed by atoms with E-state index in [1.165, 1.54) is 18.2 Å². The molecule has 3 saturated carbocycles. The number of ketones is 2. The molecule has 0 radical (unpaired) electrons. The number of carbonyl (C=O) groups excluding carboxylic acids is 2. The van der Waals surface area contributed by atoms with Crippen LogP contribution in [0.5, 0.6) is 0 Å².